The monoisotopic (exact) mass is 315 g/mol. The third-order valence-electron chi connectivity index (χ3n) is 3.14. The van der Waals surface area contributed by atoms with Crippen LogP contribution >= 0.6 is 0 Å². The molecule has 0 aliphatic carbocycles. The fraction of sp³-hybridized carbons (Fsp3) is 0.462. The topological polar surface area (TPSA) is 102 Å². The van der Waals surface area contributed by atoms with Gasteiger partial charge in [-0.25, -0.2) is 13.2 Å². The van der Waals surface area contributed by atoms with Gasteiger partial charge in [0.2, 0.25) is 10.0 Å². The van der Waals surface area contributed by atoms with Crippen molar-refractivity contribution in [1.82, 2.24) is 0 Å². The van der Waals surface area contributed by atoms with Crippen LogP contribution in [-0.4, -0.2) is 45.1 Å². The van der Waals surface area contributed by atoms with Crippen LogP contribution in [0.15, 0.2) is 18.2 Å². The number of carbonyl (C=O) groups is 1. The Bertz CT molecular complexity index is 622. The van der Waals surface area contributed by atoms with Gasteiger partial charge in [0.15, 0.2) is 0 Å². The summed E-state index contributed by atoms with van der Waals surface area (Å²) >= 11 is 0. The zero-order valence-corrected chi connectivity index (χ0v) is 12.4. The molecule has 0 bridgehead atoms. The summed E-state index contributed by atoms with van der Waals surface area (Å²) in [5.41, 5.74) is 0.0843. The van der Waals surface area contributed by atoms with Crippen LogP contribution in [0.5, 0.6) is 5.75 Å². The predicted octanol–water partition coefficient (Wildman–Crippen LogP) is 1.31. The summed E-state index contributed by atoms with van der Waals surface area (Å²) in [5.74, 6) is -1.04. The van der Waals surface area contributed by atoms with Crippen LogP contribution in [0.4, 0.5) is 5.69 Å². The van der Waals surface area contributed by atoms with Gasteiger partial charge in [0.1, 0.15) is 5.75 Å². The summed E-state index contributed by atoms with van der Waals surface area (Å²) in [6, 6.07) is 3.99. The number of rotatable bonds is 6. The van der Waals surface area contributed by atoms with E-state index in [0.717, 1.165) is 6.42 Å². The maximum atomic E-state index is 12.1. The third kappa shape index (κ3) is 4.08. The molecule has 1 fully saturated rings. The second-order valence-electron chi connectivity index (χ2n) is 4.74. The smallest absolute Gasteiger partial charge is 0.335 e. The van der Waals surface area contributed by atoms with Crippen LogP contribution in [0.3, 0.4) is 0 Å². The van der Waals surface area contributed by atoms with E-state index >= 15 is 0 Å². The molecule has 1 aromatic rings. The number of carboxylic acids is 1. The van der Waals surface area contributed by atoms with Crippen LogP contribution in [0.1, 0.15) is 23.2 Å². The molecule has 1 aliphatic heterocycles. The standard InChI is InChI=1S/C13H17NO6S/c1-19-12-5-4-9(13(15)16)7-11(12)14-21(17,18)8-10-3-2-6-20-10/h4-5,7,10,14H,2-3,6,8H2,1H3,(H,15,16). The van der Waals surface area contributed by atoms with Gasteiger partial charge in [0.25, 0.3) is 0 Å². The lowest BCUT2D eigenvalue weighted by Crippen LogP contribution is -2.26. The van der Waals surface area contributed by atoms with E-state index in [0.29, 0.717) is 13.0 Å². The number of nitrogens with one attached hydrogen (secondary N) is 1. The summed E-state index contributed by atoms with van der Waals surface area (Å²) in [6.45, 7) is 0.567. The molecule has 0 amide bonds. The number of sulfonamides is 1. The first-order valence-corrected chi connectivity index (χ1v) is 8.10. The molecule has 8 heteroatoms. The van der Waals surface area contributed by atoms with Crippen LogP contribution < -0.4 is 9.46 Å². The van der Waals surface area contributed by atoms with E-state index in [1.807, 2.05) is 0 Å². The number of ether oxygens (including phenoxy) is 2. The van der Waals surface area contributed by atoms with Crippen molar-refractivity contribution in [3.05, 3.63) is 23.8 Å². The summed E-state index contributed by atoms with van der Waals surface area (Å²) in [7, 11) is -2.26. The second-order valence-corrected chi connectivity index (χ2v) is 6.51. The van der Waals surface area contributed by atoms with Crippen LogP contribution in [0, 0.1) is 0 Å². The molecule has 0 saturated carbocycles. The highest BCUT2D eigenvalue weighted by Gasteiger charge is 2.24. The van der Waals surface area contributed by atoms with E-state index in [1.54, 1.807) is 0 Å². The van der Waals surface area contributed by atoms with E-state index < -0.39 is 16.0 Å². The lowest BCUT2D eigenvalue weighted by atomic mass is 10.2. The Kier molecular flexibility index (Phi) is 4.69. The Balaban J connectivity index is 2.20. The van der Waals surface area contributed by atoms with Crippen molar-refractivity contribution in [2.45, 2.75) is 18.9 Å². The van der Waals surface area contributed by atoms with Crippen LogP contribution in [0.2, 0.25) is 0 Å². The minimum Gasteiger partial charge on any atom is -0.495 e. The number of aromatic carboxylic acids is 1. The molecule has 21 heavy (non-hydrogen) atoms. The highest BCUT2D eigenvalue weighted by atomic mass is 32.2. The zero-order valence-electron chi connectivity index (χ0n) is 11.5. The molecule has 116 valence electrons. The minimum atomic E-state index is -3.64. The van der Waals surface area contributed by atoms with Crippen molar-refractivity contribution in [3.8, 4) is 5.75 Å². The van der Waals surface area contributed by atoms with Crippen molar-refractivity contribution in [3.63, 3.8) is 0 Å². The predicted molar refractivity (Wildman–Crippen MR) is 76.3 cm³/mol. The van der Waals surface area contributed by atoms with E-state index in [1.165, 1.54) is 25.3 Å². The van der Waals surface area contributed by atoms with Gasteiger partial charge < -0.3 is 14.6 Å². The Morgan fingerprint density at radius 1 is 1.52 bits per heavy atom. The fourth-order valence-electron chi connectivity index (χ4n) is 2.15. The second kappa shape index (κ2) is 6.31. The molecule has 1 aliphatic rings. The summed E-state index contributed by atoms with van der Waals surface area (Å²) in [6.07, 6.45) is 1.22. The molecule has 1 unspecified atom stereocenters. The van der Waals surface area contributed by atoms with E-state index in [2.05, 4.69) is 4.72 Å². The Morgan fingerprint density at radius 3 is 2.86 bits per heavy atom. The van der Waals surface area contributed by atoms with Crippen molar-refractivity contribution in [2.24, 2.45) is 0 Å². The normalized spacial score (nSPS) is 18.4. The zero-order chi connectivity index (χ0) is 15.5. The van der Waals surface area contributed by atoms with Gasteiger partial charge in [-0.05, 0) is 31.0 Å². The first kappa shape index (κ1) is 15.6. The van der Waals surface area contributed by atoms with Gasteiger partial charge in [0, 0.05) is 6.61 Å². The van der Waals surface area contributed by atoms with Gasteiger partial charge in [-0.2, -0.15) is 0 Å². The Labute approximate surface area is 122 Å². The number of anilines is 1. The van der Waals surface area contributed by atoms with Crippen molar-refractivity contribution >= 4 is 21.7 Å². The third-order valence-corrected chi connectivity index (χ3v) is 4.48. The molecule has 1 saturated heterocycles. The maximum absolute atomic E-state index is 12.1. The van der Waals surface area contributed by atoms with Crippen LogP contribution in [0.25, 0.3) is 0 Å². The van der Waals surface area contributed by atoms with Crippen molar-refractivity contribution in [1.29, 1.82) is 0 Å². The molecule has 1 heterocycles. The van der Waals surface area contributed by atoms with E-state index in [9.17, 15) is 13.2 Å². The quantitative estimate of drug-likeness (QED) is 0.820. The number of carboxylic acid groups (broad SMARTS) is 1. The molecule has 1 atom stereocenters. The van der Waals surface area contributed by atoms with E-state index in [-0.39, 0.29) is 28.9 Å². The average Bonchev–Trinajstić information content (AvgIpc) is 2.90. The molecular weight excluding hydrogens is 298 g/mol. The van der Waals surface area contributed by atoms with E-state index in [4.69, 9.17) is 14.6 Å². The molecule has 0 spiro atoms. The SMILES string of the molecule is COc1ccc(C(=O)O)cc1NS(=O)(=O)CC1CCCO1. The summed E-state index contributed by atoms with van der Waals surface area (Å²) in [5, 5.41) is 8.96. The highest BCUT2D eigenvalue weighted by Crippen LogP contribution is 2.27. The van der Waals surface area contributed by atoms with Crippen molar-refractivity contribution < 1.29 is 27.8 Å². The number of methoxy groups -OCH3 is 1. The molecule has 0 aromatic heterocycles. The Hall–Kier alpha value is -1.80. The molecule has 0 radical (unpaired) electrons. The number of hydrogen-bond acceptors (Lipinski definition) is 5. The first-order chi connectivity index (χ1) is 9.91. The lowest BCUT2D eigenvalue weighted by Gasteiger charge is -2.14. The highest BCUT2D eigenvalue weighted by molar-refractivity contribution is 7.92. The molecule has 1 aromatic carbocycles. The summed E-state index contributed by atoms with van der Waals surface area (Å²) < 4.78 is 36.9. The fourth-order valence-corrected chi connectivity index (χ4v) is 3.48. The summed E-state index contributed by atoms with van der Waals surface area (Å²) in [4.78, 5) is 11.0. The van der Waals surface area contributed by atoms with Gasteiger partial charge in [-0.15, -0.1) is 0 Å². The largest absolute Gasteiger partial charge is 0.495 e. The number of benzene rings is 1. The van der Waals surface area contributed by atoms with Crippen molar-refractivity contribution in [2.75, 3.05) is 24.2 Å². The van der Waals surface area contributed by atoms with Gasteiger partial charge in [-0.1, -0.05) is 0 Å². The van der Waals surface area contributed by atoms with Crippen LogP contribution in [-0.2, 0) is 14.8 Å². The van der Waals surface area contributed by atoms with Gasteiger partial charge in [-0.3, -0.25) is 4.72 Å². The average molecular weight is 315 g/mol. The number of hydrogen-bond donors (Lipinski definition) is 2. The molecule has 2 N–H and O–H groups in total. The van der Waals surface area contributed by atoms with Gasteiger partial charge in [0.05, 0.1) is 30.2 Å². The molecule has 2 rings (SSSR count). The first-order valence-electron chi connectivity index (χ1n) is 6.45. The Morgan fingerprint density at radius 2 is 2.29 bits per heavy atom. The lowest BCUT2D eigenvalue weighted by molar-refractivity contribution is 0.0697. The molecule has 7 nitrogen and oxygen atoms in total. The molecular formula is C13H17NO6S. The minimum absolute atomic E-state index is 0.0226. The van der Waals surface area contributed by atoms with Gasteiger partial charge >= 0.3 is 5.97 Å². The maximum Gasteiger partial charge on any atom is 0.335 e.